The number of ether oxygens (including phenoxy) is 1. The van der Waals surface area contributed by atoms with Gasteiger partial charge in [-0.2, -0.15) is 5.10 Å². The SMILES string of the molecule is C=C(c1nn(-c2ccc(Br)cc2)c2c1CS(=O)(=O)c1ccccc1-2)N1CCOCC1. The summed E-state index contributed by atoms with van der Waals surface area (Å²) in [5.74, 6) is -0.0887. The molecule has 0 amide bonds. The van der Waals surface area contributed by atoms with Gasteiger partial charge in [-0.25, -0.2) is 13.1 Å². The molecule has 1 saturated heterocycles. The fraction of sp³-hybridized carbons (Fsp3) is 0.227. The van der Waals surface area contributed by atoms with E-state index in [1.54, 1.807) is 12.1 Å². The Balaban J connectivity index is 1.75. The summed E-state index contributed by atoms with van der Waals surface area (Å²) in [4.78, 5) is 2.46. The van der Waals surface area contributed by atoms with E-state index in [-0.39, 0.29) is 5.75 Å². The first kappa shape index (κ1) is 19.5. The molecule has 5 rings (SSSR count). The quantitative estimate of drug-likeness (QED) is 0.562. The van der Waals surface area contributed by atoms with Crippen molar-refractivity contribution in [2.75, 3.05) is 26.3 Å². The topological polar surface area (TPSA) is 64.4 Å². The summed E-state index contributed by atoms with van der Waals surface area (Å²) in [7, 11) is -3.46. The molecule has 0 N–H and O–H groups in total. The van der Waals surface area contributed by atoms with Crippen molar-refractivity contribution >= 4 is 31.5 Å². The van der Waals surface area contributed by atoms with Gasteiger partial charge in [0.25, 0.3) is 0 Å². The van der Waals surface area contributed by atoms with E-state index in [0.717, 1.165) is 21.6 Å². The predicted octanol–water partition coefficient (Wildman–Crippen LogP) is 3.89. The molecule has 1 fully saturated rings. The highest BCUT2D eigenvalue weighted by Crippen LogP contribution is 2.42. The summed E-state index contributed by atoms with van der Waals surface area (Å²) >= 11 is 3.47. The number of morpholine rings is 1. The van der Waals surface area contributed by atoms with Crippen molar-refractivity contribution in [3.05, 3.63) is 70.8 Å². The molecule has 0 radical (unpaired) electrons. The number of sulfone groups is 1. The average Bonchev–Trinajstić information content (AvgIpc) is 3.13. The Morgan fingerprint density at radius 2 is 1.77 bits per heavy atom. The summed E-state index contributed by atoms with van der Waals surface area (Å²) in [6.45, 7) is 6.94. The van der Waals surface area contributed by atoms with Gasteiger partial charge in [0, 0.05) is 28.7 Å². The van der Waals surface area contributed by atoms with Crippen LogP contribution in [0.5, 0.6) is 0 Å². The molecule has 0 aliphatic carbocycles. The number of aromatic nitrogens is 2. The van der Waals surface area contributed by atoms with Gasteiger partial charge in [0.05, 0.1) is 40.9 Å². The van der Waals surface area contributed by atoms with Gasteiger partial charge < -0.3 is 9.64 Å². The van der Waals surface area contributed by atoms with Crippen molar-refractivity contribution in [2.45, 2.75) is 10.6 Å². The van der Waals surface area contributed by atoms with Crippen molar-refractivity contribution in [1.82, 2.24) is 14.7 Å². The summed E-state index contributed by atoms with van der Waals surface area (Å²) in [6, 6.07) is 15.0. The molecular formula is C22H20BrN3O3S. The second kappa shape index (κ2) is 7.37. The van der Waals surface area contributed by atoms with Crippen LogP contribution in [0.15, 0.2) is 64.5 Å². The van der Waals surface area contributed by atoms with Crippen molar-refractivity contribution in [1.29, 1.82) is 0 Å². The molecule has 154 valence electrons. The minimum atomic E-state index is -3.46. The van der Waals surface area contributed by atoms with Gasteiger partial charge >= 0.3 is 0 Å². The first-order valence-electron chi connectivity index (χ1n) is 9.68. The summed E-state index contributed by atoms with van der Waals surface area (Å²) in [5.41, 5.74) is 4.42. The second-order valence-electron chi connectivity index (χ2n) is 7.37. The van der Waals surface area contributed by atoms with E-state index in [4.69, 9.17) is 9.84 Å². The van der Waals surface area contributed by atoms with Crippen LogP contribution in [-0.4, -0.2) is 49.4 Å². The Bertz CT molecular complexity index is 1240. The van der Waals surface area contributed by atoms with Crippen molar-refractivity contribution in [3.63, 3.8) is 0 Å². The van der Waals surface area contributed by atoms with Crippen LogP contribution in [0.2, 0.25) is 0 Å². The zero-order valence-corrected chi connectivity index (χ0v) is 18.6. The van der Waals surface area contributed by atoms with E-state index in [1.165, 1.54) is 0 Å². The zero-order valence-electron chi connectivity index (χ0n) is 16.2. The van der Waals surface area contributed by atoms with Crippen molar-refractivity contribution in [2.24, 2.45) is 0 Å². The van der Waals surface area contributed by atoms with Gasteiger partial charge in [0.15, 0.2) is 9.84 Å². The molecule has 1 aromatic heterocycles. The third-order valence-electron chi connectivity index (χ3n) is 5.53. The summed E-state index contributed by atoms with van der Waals surface area (Å²) < 4.78 is 34.4. The fourth-order valence-electron chi connectivity index (χ4n) is 4.05. The zero-order chi connectivity index (χ0) is 20.9. The van der Waals surface area contributed by atoms with Crippen LogP contribution >= 0.6 is 15.9 Å². The number of benzene rings is 2. The van der Waals surface area contributed by atoms with Crippen molar-refractivity contribution in [3.8, 4) is 16.9 Å². The maximum Gasteiger partial charge on any atom is 0.183 e. The highest BCUT2D eigenvalue weighted by Gasteiger charge is 2.35. The molecule has 0 spiro atoms. The fourth-order valence-corrected chi connectivity index (χ4v) is 5.91. The molecule has 30 heavy (non-hydrogen) atoms. The number of hydrogen-bond donors (Lipinski definition) is 0. The van der Waals surface area contributed by atoms with E-state index in [0.29, 0.717) is 48.0 Å². The number of nitrogens with zero attached hydrogens (tertiary/aromatic N) is 3. The monoisotopic (exact) mass is 485 g/mol. The van der Waals surface area contributed by atoms with Crippen LogP contribution in [0.25, 0.3) is 22.6 Å². The largest absolute Gasteiger partial charge is 0.378 e. The normalized spacial score (nSPS) is 17.3. The standard InChI is InChI=1S/C22H20BrN3O3S/c1-15(25-10-12-29-13-11-25)21-19-14-30(27,28)20-5-3-2-4-18(20)22(19)26(24-21)17-8-6-16(23)7-9-17/h2-9H,1,10-14H2. The molecule has 2 aromatic carbocycles. The van der Waals surface area contributed by atoms with Crippen molar-refractivity contribution < 1.29 is 13.2 Å². The second-order valence-corrected chi connectivity index (χ2v) is 10.2. The minimum Gasteiger partial charge on any atom is -0.378 e. The molecule has 2 aliphatic heterocycles. The lowest BCUT2D eigenvalue weighted by Crippen LogP contribution is -2.35. The van der Waals surface area contributed by atoms with E-state index < -0.39 is 9.84 Å². The van der Waals surface area contributed by atoms with Crippen LogP contribution in [0.1, 0.15) is 11.3 Å². The number of hydrogen-bond acceptors (Lipinski definition) is 5. The smallest absolute Gasteiger partial charge is 0.183 e. The van der Waals surface area contributed by atoms with Gasteiger partial charge in [0.1, 0.15) is 5.69 Å². The maximum atomic E-state index is 13.1. The van der Waals surface area contributed by atoms with E-state index in [2.05, 4.69) is 27.4 Å². The van der Waals surface area contributed by atoms with Crippen LogP contribution in [-0.2, 0) is 20.3 Å². The molecule has 0 atom stereocenters. The molecule has 6 nitrogen and oxygen atoms in total. The Morgan fingerprint density at radius 1 is 1.07 bits per heavy atom. The third kappa shape index (κ3) is 3.19. The number of rotatable bonds is 3. The van der Waals surface area contributed by atoms with Gasteiger partial charge in [0.2, 0.25) is 0 Å². The average molecular weight is 486 g/mol. The maximum absolute atomic E-state index is 13.1. The predicted molar refractivity (Wildman–Crippen MR) is 119 cm³/mol. The Labute approximate surface area is 183 Å². The minimum absolute atomic E-state index is 0.0887. The summed E-state index contributed by atoms with van der Waals surface area (Å²) in [5, 5.41) is 4.89. The van der Waals surface area contributed by atoms with E-state index in [1.807, 2.05) is 41.1 Å². The molecule has 2 aliphatic rings. The molecule has 0 bridgehead atoms. The van der Waals surface area contributed by atoms with Gasteiger partial charge in [-0.15, -0.1) is 0 Å². The molecule has 0 unspecified atom stereocenters. The number of halogens is 1. The molecular weight excluding hydrogens is 466 g/mol. The summed E-state index contributed by atoms with van der Waals surface area (Å²) in [6.07, 6.45) is 0. The highest BCUT2D eigenvalue weighted by atomic mass is 79.9. The third-order valence-corrected chi connectivity index (χ3v) is 7.76. The Kier molecular flexibility index (Phi) is 4.80. The first-order chi connectivity index (χ1) is 14.5. The lowest BCUT2D eigenvalue weighted by Gasteiger charge is -2.30. The van der Waals surface area contributed by atoms with Gasteiger partial charge in [-0.1, -0.05) is 40.7 Å². The first-order valence-corrected chi connectivity index (χ1v) is 12.1. The highest BCUT2D eigenvalue weighted by molar-refractivity contribution is 9.10. The molecule has 3 aromatic rings. The number of fused-ring (bicyclic) bond motifs is 3. The van der Waals surface area contributed by atoms with E-state index >= 15 is 0 Å². The molecule has 3 heterocycles. The lowest BCUT2D eigenvalue weighted by atomic mass is 10.0. The van der Waals surface area contributed by atoms with Crippen LogP contribution < -0.4 is 0 Å². The van der Waals surface area contributed by atoms with Crippen LogP contribution in [0, 0.1) is 0 Å². The van der Waals surface area contributed by atoms with Crippen LogP contribution in [0.4, 0.5) is 0 Å². The molecule has 0 saturated carbocycles. The Hall–Kier alpha value is -2.42. The van der Waals surface area contributed by atoms with Gasteiger partial charge in [-0.05, 0) is 30.3 Å². The van der Waals surface area contributed by atoms with E-state index in [9.17, 15) is 8.42 Å². The molecule has 8 heteroatoms. The lowest BCUT2D eigenvalue weighted by molar-refractivity contribution is 0.0639. The van der Waals surface area contributed by atoms with Gasteiger partial charge in [-0.3, -0.25) is 0 Å². The van der Waals surface area contributed by atoms with Crippen LogP contribution in [0.3, 0.4) is 0 Å². The Morgan fingerprint density at radius 3 is 2.50 bits per heavy atom.